The SMILES string of the molecule is Cc1cc(N2CCC(OC3CCCCC3)CC2)nc(C)n1. The molecule has 0 aromatic carbocycles. The van der Waals surface area contributed by atoms with Crippen LogP contribution in [0.25, 0.3) is 0 Å². The maximum absolute atomic E-state index is 6.30. The third-order valence-electron chi connectivity index (χ3n) is 4.66. The van der Waals surface area contributed by atoms with E-state index >= 15 is 0 Å². The first-order chi connectivity index (χ1) is 10.2. The Bertz CT molecular complexity index is 443. The van der Waals surface area contributed by atoms with E-state index in [1.165, 1.54) is 32.1 Å². The van der Waals surface area contributed by atoms with Crippen LogP contribution in [0.1, 0.15) is 56.5 Å². The molecule has 1 aromatic heterocycles. The molecule has 0 N–H and O–H groups in total. The number of rotatable bonds is 3. The minimum Gasteiger partial charge on any atom is -0.375 e. The molecule has 21 heavy (non-hydrogen) atoms. The van der Waals surface area contributed by atoms with Gasteiger partial charge in [0, 0.05) is 24.8 Å². The van der Waals surface area contributed by atoms with Crippen LogP contribution in [0.3, 0.4) is 0 Å². The summed E-state index contributed by atoms with van der Waals surface area (Å²) >= 11 is 0. The van der Waals surface area contributed by atoms with Crippen molar-refractivity contribution in [3.8, 4) is 0 Å². The molecule has 2 heterocycles. The van der Waals surface area contributed by atoms with E-state index in [0.29, 0.717) is 12.2 Å². The zero-order valence-electron chi connectivity index (χ0n) is 13.3. The number of aromatic nitrogens is 2. The summed E-state index contributed by atoms with van der Waals surface area (Å²) in [4.78, 5) is 11.3. The Hall–Kier alpha value is -1.16. The summed E-state index contributed by atoms with van der Waals surface area (Å²) in [6, 6.07) is 2.09. The zero-order chi connectivity index (χ0) is 14.7. The summed E-state index contributed by atoms with van der Waals surface area (Å²) in [6.07, 6.45) is 9.86. The van der Waals surface area contributed by atoms with Crippen molar-refractivity contribution >= 4 is 5.82 Å². The molecule has 0 amide bonds. The van der Waals surface area contributed by atoms with E-state index in [1.807, 2.05) is 13.8 Å². The average molecular weight is 289 g/mol. The highest BCUT2D eigenvalue weighted by Gasteiger charge is 2.24. The number of aryl methyl sites for hydroxylation is 2. The maximum atomic E-state index is 6.30. The summed E-state index contributed by atoms with van der Waals surface area (Å²) in [5.74, 6) is 1.95. The number of nitrogens with zero attached hydrogens (tertiary/aromatic N) is 3. The third kappa shape index (κ3) is 3.94. The van der Waals surface area contributed by atoms with Gasteiger partial charge < -0.3 is 9.64 Å². The molecule has 1 aliphatic heterocycles. The molecule has 0 radical (unpaired) electrons. The largest absolute Gasteiger partial charge is 0.375 e. The Balaban J connectivity index is 1.52. The highest BCUT2D eigenvalue weighted by molar-refractivity contribution is 5.40. The van der Waals surface area contributed by atoms with Crippen molar-refractivity contribution in [2.75, 3.05) is 18.0 Å². The molecule has 0 spiro atoms. The first kappa shape index (κ1) is 14.8. The molecule has 4 heteroatoms. The lowest BCUT2D eigenvalue weighted by Gasteiger charge is -2.35. The lowest BCUT2D eigenvalue weighted by molar-refractivity contribution is -0.0395. The predicted molar refractivity (Wildman–Crippen MR) is 84.7 cm³/mol. The van der Waals surface area contributed by atoms with Crippen molar-refractivity contribution in [3.63, 3.8) is 0 Å². The van der Waals surface area contributed by atoms with Crippen molar-refractivity contribution in [3.05, 3.63) is 17.6 Å². The first-order valence-electron chi connectivity index (χ1n) is 8.43. The number of ether oxygens (including phenoxy) is 1. The molecule has 1 saturated heterocycles. The molecular weight excluding hydrogens is 262 g/mol. The highest BCUT2D eigenvalue weighted by Crippen LogP contribution is 2.26. The van der Waals surface area contributed by atoms with Crippen molar-refractivity contribution in [1.82, 2.24) is 9.97 Å². The van der Waals surface area contributed by atoms with Gasteiger partial charge in [0.25, 0.3) is 0 Å². The van der Waals surface area contributed by atoms with Crippen LogP contribution in [-0.2, 0) is 4.74 Å². The average Bonchev–Trinajstić information content (AvgIpc) is 2.48. The van der Waals surface area contributed by atoms with Gasteiger partial charge >= 0.3 is 0 Å². The molecule has 2 aliphatic rings. The summed E-state index contributed by atoms with van der Waals surface area (Å²) < 4.78 is 6.30. The Morgan fingerprint density at radius 1 is 0.952 bits per heavy atom. The lowest BCUT2D eigenvalue weighted by atomic mass is 9.97. The number of piperidine rings is 1. The predicted octanol–water partition coefficient (Wildman–Crippen LogP) is 3.41. The van der Waals surface area contributed by atoms with Crippen molar-refractivity contribution in [1.29, 1.82) is 0 Å². The fourth-order valence-electron chi connectivity index (χ4n) is 3.55. The quantitative estimate of drug-likeness (QED) is 0.854. The second kappa shape index (κ2) is 6.73. The first-order valence-corrected chi connectivity index (χ1v) is 8.43. The van der Waals surface area contributed by atoms with Crippen molar-refractivity contribution < 1.29 is 4.74 Å². The standard InChI is InChI=1S/C17H27N3O/c1-13-12-17(19-14(2)18-13)20-10-8-16(9-11-20)21-15-6-4-3-5-7-15/h12,15-16H,3-11H2,1-2H3. The molecule has 1 saturated carbocycles. The van der Waals surface area contributed by atoms with Crippen LogP contribution in [0.15, 0.2) is 6.07 Å². The maximum Gasteiger partial charge on any atom is 0.132 e. The van der Waals surface area contributed by atoms with Gasteiger partial charge in [-0.1, -0.05) is 19.3 Å². The van der Waals surface area contributed by atoms with Crippen LogP contribution >= 0.6 is 0 Å². The number of hydrogen-bond acceptors (Lipinski definition) is 4. The second-order valence-electron chi connectivity index (χ2n) is 6.50. The molecule has 0 atom stereocenters. The van der Waals surface area contributed by atoms with E-state index in [4.69, 9.17) is 4.74 Å². The van der Waals surface area contributed by atoms with Crippen LogP contribution in [0, 0.1) is 13.8 Å². The zero-order valence-corrected chi connectivity index (χ0v) is 13.3. The topological polar surface area (TPSA) is 38.2 Å². The summed E-state index contributed by atoms with van der Waals surface area (Å²) in [5, 5.41) is 0. The van der Waals surface area contributed by atoms with Gasteiger partial charge in [-0.15, -0.1) is 0 Å². The molecule has 1 aromatic rings. The molecule has 2 fully saturated rings. The molecule has 3 rings (SSSR count). The smallest absolute Gasteiger partial charge is 0.132 e. The number of hydrogen-bond donors (Lipinski definition) is 0. The van der Waals surface area contributed by atoms with Crippen molar-refractivity contribution in [2.24, 2.45) is 0 Å². The Labute approximate surface area is 127 Å². The fraction of sp³-hybridized carbons (Fsp3) is 0.765. The molecule has 1 aliphatic carbocycles. The van der Waals surface area contributed by atoms with Gasteiger partial charge in [-0.3, -0.25) is 0 Å². The van der Waals surface area contributed by atoms with Crippen molar-refractivity contribution in [2.45, 2.75) is 71.0 Å². The van der Waals surface area contributed by atoms with Gasteiger partial charge in [-0.25, -0.2) is 9.97 Å². The molecular formula is C17H27N3O. The fourth-order valence-corrected chi connectivity index (χ4v) is 3.55. The van der Waals surface area contributed by atoms with E-state index in [1.54, 1.807) is 0 Å². The highest BCUT2D eigenvalue weighted by atomic mass is 16.5. The Morgan fingerprint density at radius 3 is 2.29 bits per heavy atom. The Kier molecular flexibility index (Phi) is 4.73. The van der Waals surface area contributed by atoms with Crippen LogP contribution in [0.4, 0.5) is 5.82 Å². The van der Waals surface area contributed by atoms with Crippen LogP contribution in [0.2, 0.25) is 0 Å². The molecule has 4 nitrogen and oxygen atoms in total. The normalized spacial score (nSPS) is 21.7. The van der Waals surface area contributed by atoms with E-state index < -0.39 is 0 Å². The molecule has 0 unspecified atom stereocenters. The number of anilines is 1. The van der Waals surface area contributed by atoms with Gasteiger partial charge in [-0.2, -0.15) is 0 Å². The van der Waals surface area contributed by atoms with E-state index in [9.17, 15) is 0 Å². The summed E-state index contributed by atoms with van der Waals surface area (Å²) in [7, 11) is 0. The van der Waals surface area contributed by atoms with Crippen LogP contribution in [0.5, 0.6) is 0 Å². The minimum atomic E-state index is 0.452. The lowest BCUT2D eigenvalue weighted by Crippen LogP contribution is -2.39. The second-order valence-corrected chi connectivity index (χ2v) is 6.50. The van der Waals surface area contributed by atoms with E-state index in [-0.39, 0.29) is 0 Å². The summed E-state index contributed by atoms with van der Waals surface area (Å²) in [6.45, 7) is 6.10. The minimum absolute atomic E-state index is 0.452. The van der Waals surface area contributed by atoms with E-state index in [0.717, 1.165) is 43.3 Å². The van der Waals surface area contributed by atoms with Gasteiger partial charge in [0.1, 0.15) is 11.6 Å². The van der Waals surface area contributed by atoms with Gasteiger partial charge in [0.2, 0.25) is 0 Å². The van der Waals surface area contributed by atoms with Gasteiger partial charge in [-0.05, 0) is 39.5 Å². The van der Waals surface area contributed by atoms with E-state index in [2.05, 4.69) is 20.9 Å². The summed E-state index contributed by atoms with van der Waals surface area (Å²) in [5.41, 5.74) is 1.05. The molecule has 116 valence electrons. The van der Waals surface area contributed by atoms with Gasteiger partial charge in [0.15, 0.2) is 0 Å². The Morgan fingerprint density at radius 2 is 1.62 bits per heavy atom. The van der Waals surface area contributed by atoms with Crippen LogP contribution in [-0.4, -0.2) is 35.3 Å². The monoisotopic (exact) mass is 289 g/mol. The van der Waals surface area contributed by atoms with Gasteiger partial charge in [0.05, 0.1) is 12.2 Å². The van der Waals surface area contributed by atoms with Crippen LogP contribution < -0.4 is 4.90 Å². The molecule has 0 bridgehead atoms. The third-order valence-corrected chi connectivity index (χ3v) is 4.66.